The fourth-order valence-corrected chi connectivity index (χ4v) is 3.76. The van der Waals surface area contributed by atoms with E-state index in [2.05, 4.69) is 25.5 Å². The second-order valence-corrected chi connectivity index (χ2v) is 7.17. The van der Waals surface area contributed by atoms with Crippen LogP contribution in [-0.2, 0) is 19.6 Å². The van der Waals surface area contributed by atoms with Gasteiger partial charge in [0.15, 0.2) is 5.82 Å². The van der Waals surface area contributed by atoms with E-state index in [-0.39, 0.29) is 0 Å². The van der Waals surface area contributed by atoms with Gasteiger partial charge in [-0.25, -0.2) is 9.37 Å². The summed E-state index contributed by atoms with van der Waals surface area (Å²) in [7, 11) is 0. The Morgan fingerprint density at radius 2 is 2.12 bits per heavy atom. The topological polar surface area (TPSA) is 50.1 Å². The largest absolute Gasteiger partial charge is 0.349 e. The van der Waals surface area contributed by atoms with Gasteiger partial charge in [0, 0.05) is 38.9 Å². The zero-order valence-electron chi connectivity index (χ0n) is 15.0. The number of alkyl halides is 1. The first kappa shape index (κ1) is 16.4. The van der Waals surface area contributed by atoms with Gasteiger partial charge >= 0.3 is 0 Å². The van der Waals surface area contributed by atoms with Gasteiger partial charge in [-0.1, -0.05) is 0 Å². The molecule has 0 spiro atoms. The van der Waals surface area contributed by atoms with Crippen LogP contribution in [0.5, 0.6) is 0 Å². The van der Waals surface area contributed by atoms with Gasteiger partial charge in [0.05, 0.1) is 29.3 Å². The zero-order chi connectivity index (χ0) is 17.4. The molecule has 25 heavy (non-hydrogen) atoms. The lowest BCUT2D eigenvalue weighted by Gasteiger charge is -2.22. The van der Waals surface area contributed by atoms with Crippen LogP contribution in [0.1, 0.15) is 35.6 Å². The lowest BCUT2D eigenvalue weighted by molar-refractivity contribution is 0.279. The van der Waals surface area contributed by atoms with E-state index in [0.29, 0.717) is 13.0 Å². The van der Waals surface area contributed by atoms with Gasteiger partial charge in [0.2, 0.25) is 0 Å². The summed E-state index contributed by atoms with van der Waals surface area (Å²) in [5.41, 5.74) is 4.14. The normalized spacial score (nSPS) is 21.4. The number of rotatable bonds is 3. The van der Waals surface area contributed by atoms with E-state index < -0.39 is 6.17 Å². The minimum absolute atomic E-state index is 0.534. The van der Waals surface area contributed by atoms with E-state index in [9.17, 15) is 4.39 Å². The van der Waals surface area contributed by atoms with Crippen LogP contribution >= 0.6 is 0 Å². The van der Waals surface area contributed by atoms with Crippen LogP contribution in [0.2, 0.25) is 0 Å². The van der Waals surface area contributed by atoms with E-state index in [1.807, 2.05) is 20.0 Å². The number of nitrogens with zero attached hydrogens (tertiary/aromatic N) is 6. The van der Waals surface area contributed by atoms with E-state index >= 15 is 0 Å². The third kappa shape index (κ3) is 3.51. The number of likely N-dealkylation sites (tertiary alicyclic amines) is 1. The molecule has 0 bridgehead atoms. The van der Waals surface area contributed by atoms with Gasteiger partial charge < -0.3 is 4.90 Å². The summed E-state index contributed by atoms with van der Waals surface area (Å²) < 4.78 is 15.5. The standard InChI is InChI=1S/C18H25FN6/c1-13-9-20-14(2)18(21-13)24-5-3-6-25-17(12-24)8-16(22-25)11-23-7-4-15(19)10-23/h8-9,15H,3-7,10-12H2,1-2H3/t15-/m0/s1. The molecule has 0 radical (unpaired) electrons. The Labute approximate surface area is 147 Å². The predicted octanol–water partition coefficient (Wildman–Crippen LogP) is 2.24. The Balaban J connectivity index is 1.53. The summed E-state index contributed by atoms with van der Waals surface area (Å²) in [6, 6.07) is 2.17. The molecule has 4 rings (SSSR count). The number of anilines is 1. The van der Waals surface area contributed by atoms with Gasteiger partial charge in [0.25, 0.3) is 0 Å². The molecule has 0 saturated carbocycles. The fraction of sp³-hybridized carbons (Fsp3) is 0.611. The lowest BCUT2D eigenvalue weighted by Crippen LogP contribution is -2.25. The maximum absolute atomic E-state index is 13.4. The van der Waals surface area contributed by atoms with Crippen molar-refractivity contribution in [3.8, 4) is 0 Å². The highest BCUT2D eigenvalue weighted by Gasteiger charge is 2.24. The Hall–Kier alpha value is -2.02. The predicted molar refractivity (Wildman–Crippen MR) is 94.2 cm³/mol. The van der Waals surface area contributed by atoms with Crippen molar-refractivity contribution in [2.24, 2.45) is 0 Å². The maximum atomic E-state index is 13.4. The number of aryl methyl sites for hydroxylation is 3. The highest BCUT2D eigenvalue weighted by molar-refractivity contribution is 5.44. The lowest BCUT2D eigenvalue weighted by atomic mass is 10.3. The fourth-order valence-electron chi connectivity index (χ4n) is 3.76. The summed E-state index contributed by atoms with van der Waals surface area (Å²) in [6.45, 7) is 8.74. The molecule has 1 atom stereocenters. The van der Waals surface area contributed by atoms with Crippen LogP contribution in [0, 0.1) is 13.8 Å². The van der Waals surface area contributed by atoms with E-state index in [0.717, 1.165) is 62.0 Å². The third-order valence-corrected chi connectivity index (χ3v) is 5.02. The van der Waals surface area contributed by atoms with Gasteiger partial charge in [0.1, 0.15) is 6.17 Å². The van der Waals surface area contributed by atoms with Crippen molar-refractivity contribution >= 4 is 5.82 Å². The van der Waals surface area contributed by atoms with Crippen molar-refractivity contribution in [1.29, 1.82) is 0 Å². The first-order valence-corrected chi connectivity index (χ1v) is 9.06. The average Bonchev–Trinajstić information content (AvgIpc) is 3.10. The summed E-state index contributed by atoms with van der Waals surface area (Å²) in [5.74, 6) is 0.969. The zero-order valence-corrected chi connectivity index (χ0v) is 15.0. The summed E-state index contributed by atoms with van der Waals surface area (Å²) >= 11 is 0. The molecule has 7 heteroatoms. The third-order valence-electron chi connectivity index (χ3n) is 5.02. The van der Waals surface area contributed by atoms with E-state index in [4.69, 9.17) is 10.1 Å². The molecule has 2 aromatic heterocycles. The van der Waals surface area contributed by atoms with Crippen molar-refractivity contribution in [3.63, 3.8) is 0 Å². The number of hydrogen-bond acceptors (Lipinski definition) is 5. The Morgan fingerprint density at radius 3 is 2.92 bits per heavy atom. The van der Waals surface area contributed by atoms with Crippen LogP contribution in [0.4, 0.5) is 10.2 Å². The molecule has 134 valence electrons. The van der Waals surface area contributed by atoms with Crippen molar-refractivity contribution in [3.05, 3.63) is 35.0 Å². The number of fused-ring (bicyclic) bond motifs is 1. The summed E-state index contributed by atoms with van der Waals surface area (Å²) in [6.07, 6.45) is 2.80. The van der Waals surface area contributed by atoms with Gasteiger partial charge in [-0.15, -0.1) is 0 Å². The molecule has 6 nitrogen and oxygen atoms in total. The first-order chi connectivity index (χ1) is 12.1. The smallest absolute Gasteiger partial charge is 0.150 e. The van der Waals surface area contributed by atoms with Crippen LogP contribution < -0.4 is 4.90 Å². The Morgan fingerprint density at radius 1 is 1.24 bits per heavy atom. The van der Waals surface area contributed by atoms with Crippen LogP contribution in [-0.4, -0.2) is 50.5 Å². The van der Waals surface area contributed by atoms with Crippen LogP contribution in [0.15, 0.2) is 12.3 Å². The summed E-state index contributed by atoms with van der Waals surface area (Å²) in [5, 5.41) is 4.76. The number of halogens is 1. The monoisotopic (exact) mass is 344 g/mol. The SMILES string of the molecule is Cc1cnc(C)c(N2CCCn3nc(CN4CC[C@H](F)C4)cc3C2)n1. The molecule has 2 aliphatic heterocycles. The molecule has 0 N–H and O–H groups in total. The Kier molecular flexibility index (Phi) is 4.41. The highest BCUT2D eigenvalue weighted by Crippen LogP contribution is 2.23. The van der Waals surface area contributed by atoms with Crippen molar-refractivity contribution < 1.29 is 4.39 Å². The van der Waals surface area contributed by atoms with Gasteiger partial charge in [-0.3, -0.25) is 14.6 Å². The maximum Gasteiger partial charge on any atom is 0.150 e. The van der Waals surface area contributed by atoms with E-state index in [1.165, 1.54) is 5.69 Å². The van der Waals surface area contributed by atoms with Crippen molar-refractivity contribution in [1.82, 2.24) is 24.6 Å². The molecule has 1 saturated heterocycles. The quantitative estimate of drug-likeness (QED) is 0.855. The average molecular weight is 344 g/mol. The number of hydrogen-bond donors (Lipinski definition) is 0. The second-order valence-electron chi connectivity index (χ2n) is 7.17. The molecule has 2 aromatic rings. The molecule has 0 amide bonds. The minimum atomic E-state index is -0.682. The minimum Gasteiger partial charge on any atom is -0.349 e. The van der Waals surface area contributed by atoms with Crippen LogP contribution in [0.25, 0.3) is 0 Å². The molecule has 0 unspecified atom stereocenters. The van der Waals surface area contributed by atoms with Crippen LogP contribution in [0.3, 0.4) is 0 Å². The second kappa shape index (κ2) is 6.71. The molecule has 4 heterocycles. The Bertz CT molecular complexity index is 758. The van der Waals surface area contributed by atoms with Crippen molar-refractivity contribution in [2.75, 3.05) is 24.5 Å². The van der Waals surface area contributed by atoms with E-state index in [1.54, 1.807) is 0 Å². The molecular formula is C18H25FN6. The van der Waals surface area contributed by atoms with Gasteiger partial charge in [-0.2, -0.15) is 5.10 Å². The van der Waals surface area contributed by atoms with Gasteiger partial charge in [-0.05, 0) is 32.8 Å². The number of aromatic nitrogens is 4. The van der Waals surface area contributed by atoms with Crippen molar-refractivity contribution in [2.45, 2.75) is 52.5 Å². The highest BCUT2D eigenvalue weighted by atomic mass is 19.1. The summed E-state index contributed by atoms with van der Waals surface area (Å²) in [4.78, 5) is 13.6. The molecule has 0 aromatic carbocycles. The molecular weight excluding hydrogens is 319 g/mol. The molecule has 1 fully saturated rings. The molecule has 0 aliphatic carbocycles. The first-order valence-electron chi connectivity index (χ1n) is 9.06. The molecule has 2 aliphatic rings.